The number of aliphatic hydroxyl groups is 1. The minimum Gasteiger partial charge on any atom is -0.383 e. The molecule has 1 heterocycles. The van der Waals surface area contributed by atoms with Crippen molar-refractivity contribution in [1.29, 1.82) is 0 Å². The highest BCUT2D eigenvalue weighted by molar-refractivity contribution is 5.22. The SMILES string of the molecule is CCC(O)(c1ccc(F)cn1)C1(CN)CC2CCC1C2. The number of hydrogen-bond acceptors (Lipinski definition) is 3. The van der Waals surface area contributed by atoms with Crippen LogP contribution in [-0.4, -0.2) is 16.6 Å². The Kier molecular flexibility index (Phi) is 3.33. The number of hydrogen-bond donors (Lipinski definition) is 2. The Morgan fingerprint density at radius 2 is 2.30 bits per heavy atom. The Hall–Kier alpha value is -1.00. The van der Waals surface area contributed by atoms with E-state index in [9.17, 15) is 9.50 Å². The molecular formula is C16H23FN2O. The highest BCUT2D eigenvalue weighted by Crippen LogP contribution is 2.63. The van der Waals surface area contributed by atoms with Crippen molar-refractivity contribution >= 4 is 0 Å². The first kappa shape index (κ1) is 14.0. The molecule has 3 N–H and O–H groups in total. The lowest BCUT2D eigenvalue weighted by atomic mass is 9.60. The van der Waals surface area contributed by atoms with Gasteiger partial charge in [-0.15, -0.1) is 0 Å². The van der Waals surface area contributed by atoms with Gasteiger partial charge in [-0.1, -0.05) is 13.3 Å². The van der Waals surface area contributed by atoms with Gasteiger partial charge >= 0.3 is 0 Å². The van der Waals surface area contributed by atoms with Gasteiger partial charge in [0.2, 0.25) is 0 Å². The zero-order valence-electron chi connectivity index (χ0n) is 12.0. The topological polar surface area (TPSA) is 59.1 Å². The largest absolute Gasteiger partial charge is 0.383 e. The first-order valence-electron chi connectivity index (χ1n) is 7.60. The number of pyridine rings is 1. The van der Waals surface area contributed by atoms with Gasteiger partial charge in [0.15, 0.2) is 0 Å². The summed E-state index contributed by atoms with van der Waals surface area (Å²) in [5.74, 6) is 0.776. The number of fused-ring (bicyclic) bond motifs is 2. The third kappa shape index (κ3) is 1.74. The van der Waals surface area contributed by atoms with Crippen molar-refractivity contribution in [2.75, 3.05) is 6.54 Å². The van der Waals surface area contributed by atoms with Gasteiger partial charge in [0.25, 0.3) is 0 Å². The zero-order valence-corrected chi connectivity index (χ0v) is 12.0. The number of aromatic nitrogens is 1. The highest BCUT2D eigenvalue weighted by atomic mass is 19.1. The quantitative estimate of drug-likeness (QED) is 0.890. The predicted molar refractivity (Wildman–Crippen MR) is 75.3 cm³/mol. The average Bonchev–Trinajstić information content (AvgIpc) is 3.08. The minimum atomic E-state index is -1.05. The zero-order chi connectivity index (χ0) is 14.4. The number of nitrogens with zero attached hydrogens (tertiary/aromatic N) is 1. The molecule has 0 spiro atoms. The summed E-state index contributed by atoms with van der Waals surface area (Å²) in [4.78, 5) is 4.16. The maximum atomic E-state index is 13.1. The molecule has 110 valence electrons. The van der Waals surface area contributed by atoms with E-state index in [1.807, 2.05) is 6.92 Å². The molecule has 2 bridgehead atoms. The third-order valence-corrected chi connectivity index (χ3v) is 5.83. The van der Waals surface area contributed by atoms with Crippen molar-refractivity contribution in [3.05, 3.63) is 29.8 Å². The molecular weight excluding hydrogens is 255 g/mol. The van der Waals surface area contributed by atoms with E-state index < -0.39 is 5.60 Å². The molecule has 2 fully saturated rings. The first-order valence-corrected chi connectivity index (χ1v) is 7.60. The summed E-state index contributed by atoms with van der Waals surface area (Å²) in [6, 6.07) is 2.99. The van der Waals surface area contributed by atoms with Crippen molar-refractivity contribution < 1.29 is 9.50 Å². The van der Waals surface area contributed by atoms with Gasteiger partial charge in [-0.05, 0) is 49.7 Å². The van der Waals surface area contributed by atoms with Crippen molar-refractivity contribution in [1.82, 2.24) is 4.98 Å². The molecule has 1 aromatic rings. The van der Waals surface area contributed by atoms with Crippen LogP contribution in [0.5, 0.6) is 0 Å². The lowest BCUT2D eigenvalue weighted by Crippen LogP contribution is -2.53. The summed E-state index contributed by atoms with van der Waals surface area (Å²) in [7, 11) is 0. The number of halogens is 1. The molecule has 0 saturated heterocycles. The molecule has 2 aliphatic carbocycles. The van der Waals surface area contributed by atoms with Crippen molar-refractivity contribution in [3.63, 3.8) is 0 Å². The van der Waals surface area contributed by atoms with Crippen LogP contribution in [0.25, 0.3) is 0 Å². The lowest BCUT2D eigenvalue weighted by Gasteiger charge is -2.49. The fourth-order valence-corrected chi connectivity index (χ4v) is 4.78. The van der Waals surface area contributed by atoms with E-state index in [0.29, 0.717) is 30.5 Å². The van der Waals surface area contributed by atoms with E-state index in [1.54, 1.807) is 6.07 Å². The molecule has 2 saturated carbocycles. The molecule has 1 aromatic heterocycles. The monoisotopic (exact) mass is 278 g/mol. The maximum Gasteiger partial charge on any atom is 0.141 e. The Morgan fingerprint density at radius 1 is 1.50 bits per heavy atom. The summed E-state index contributed by atoms with van der Waals surface area (Å²) in [6.45, 7) is 2.44. The van der Waals surface area contributed by atoms with E-state index in [0.717, 1.165) is 12.8 Å². The molecule has 4 unspecified atom stereocenters. The van der Waals surface area contributed by atoms with Crippen LogP contribution in [-0.2, 0) is 5.60 Å². The second kappa shape index (κ2) is 4.78. The van der Waals surface area contributed by atoms with Gasteiger partial charge in [-0.3, -0.25) is 4.98 Å². The molecule has 3 nitrogen and oxygen atoms in total. The summed E-state index contributed by atoms with van der Waals surface area (Å²) in [5, 5.41) is 11.4. The lowest BCUT2D eigenvalue weighted by molar-refractivity contribution is -0.122. The molecule has 4 heteroatoms. The molecule has 0 aromatic carbocycles. The van der Waals surface area contributed by atoms with Gasteiger partial charge in [-0.2, -0.15) is 0 Å². The standard InChI is InChI=1S/C16H23FN2O/c1-2-16(20,14-6-5-13(17)9-19-14)15(10-18)8-11-3-4-12(15)7-11/h5-6,9,11-12,20H,2-4,7-8,10,18H2,1H3. The van der Waals surface area contributed by atoms with Gasteiger partial charge in [0, 0.05) is 12.0 Å². The van der Waals surface area contributed by atoms with Crippen LogP contribution in [0.15, 0.2) is 18.3 Å². The van der Waals surface area contributed by atoms with Crippen molar-refractivity contribution in [2.24, 2.45) is 23.0 Å². The van der Waals surface area contributed by atoms with Gasteiger partial charge in [0.1, 0.15) is 11.4 Å². The Morgan fingerprint density at radius 3 is 2.75 bits per heavy atom. The van der Waals surface area contributed by atoms with E-state index in [2.05, 4.69) is 4.98 Å². The second-order valence-electron chi connectivity index (χ2n) is 6.52. The normalized spacial score (nSPS) is 35.2. The van der Waals surface area contributed by atoms with Crippen molar-refractivity contribution in [3.8, 4) is 0 Å². The van der Waals surface area contributed by atoms with Crippen LogP contribution in [0, 0.1) is 23.1 Å². The fraction of sp³-hybridized carbons (Fsp3) is 0.688. The van der Waals surface area contributed by atoms with Crippen LogP contribution in [0.2, 0.25) is 0 Å². The molecule has 0 aliphatic heterocycles. The van der Waals surface area contributed by atoms with E-state index >= 15 is 0 Å². The third-order valence-electron chi connectivity index (χ3n) is 5.83. The van der Waals surface area contributed by atoms with E-state index in [4.69, 9.17) is 5.73 Å². The molecule has 3 rings (SSSR count). The summed E-state index contributed by atoms with van der Waals surface area (Å²) < 4.78 is 13.1. The first-order chi connectivity index (χ1) is 9.55. The summed E-state index contributed by atoms with van der Waals surface area (Å²) in [5.41, 5.74) is 5.35. The predicted octanol–water partition coefficient (Wildman–Crippen LogP) is 2.58. The highest BCUT2D eigenvalue weighted by Gasteiger charge is 2.61. The molecule has 2 aliphatic rings. The average molecular weight is 278 g/mol. The second-order valence-corrected chi connectivity index (χ2v) is 6.52. The van der Waals surface area contributed by atoms with Crippen LogP contribution >= 0.6 is 0 Å². The Labute approximate surface area is 119 Å². The molecule has 20 heavy (non-hydrogen) atoms. The Bertz CT molecular complexity index is 492. The number of nitrogens with two attached hydrogens (primary N) is 1. The summed E-state index contributed by atoms with van der Waals surface area (Å²) in [6.07, 6.45) is 6.28. The van der Waals surface area contributed by atoms with Gasteiger partial charge < -0.3 is 10.8 Å². The molecule has 4 atom stereocenters. The van der Waals surface area contributed by atoms with Crippen LogP contribution in [0.3, 0.4) is 0 Å². The number of rotatable bonds is 4. The van der Waals surface area contributed by atoms with Crippen LogP contribution in [0.1, 0.15) is 44.7 Å². The van der Waals surface area contributed by atoms with Gasteiger partial charge in [0.05, 0.1) is 11.9 Å². The molecule has 0 radical (unpaired) electrons. The van der Waals surface area contributed by atoms with Crippen LogP contribution < -0.4 is 5.73 Å². The van der Waals surface area contributed by atoms with Gasteiger partial charge in [-0.25, -0.2) is 4.39 Å². The maximum absolute atomic E-state index is 13.1. The fourth-order valence-electron chi connectivity index (χ4n) is 4.78. The summed E-state index contributed by atoms with van der Waals surface area (Å²) >= 11 is 0. The molecule has 0 amide bonds. The van der Waals surface area contributed by atoms with Crippen LogP contribution in [0.4, 0.5) is 4.39 Å². The van der Waals surface area contributed by atoms with E-state index in [1.165, 1.54) is 25.1 Å². The van der Waals surface area contributed by atoms with Crippen molar-refractivity contribution in [2.45, 2.75) is 44.6 Å². The smallest absolute Gasteiger partial charge is 0.141 e. The van der Waals surface area contributed by atoms with E-state index in [-0.39, 0.29) is 11.2 Å². The Balaban J connectivity index is 2.05. The minimum absolute atomic E-state index is 0.296.